The molecule has 1 aromatic heterocycles. The van der Waals surface area contributed by atoms with Gasteiger partial charge in [-0.3, -0.25) is 14.7 Å². The molecule has 2 aliphatic rings. The number of carbonyl (C=O) groups is 2. The summed E-state index contributed by atoms with van der Waals surface area (Å²) in [6.45, 7) is 3.48. The number of hydrogen-bond acceptors (Lipinski definition) is 6. The van der Waals surface area contributed by atoms with E-state index in [2.05, 4.69) is 10.3 Å². The lowest BCUT2D eigenvalue weighted by Gasteiger charge is -2.40. The van der Waals surface area contributed by atoms with Crippen molar-refractivity contribution in [2.24, 2.45) is 0 Å². The Balaban J connectivity index is 1.52. The number of benzene rings is 1. The van der Waals surface area contributed by atoms with E-state index >= 15 is 0 Å². The number of hydrogen-bond donors (Lipinski definition) is 1. The monoisotopic (exact) mass is 383 g/mol. The van der Waals surface area contributed by atoms with E-state index in [9.17, 15) is 9.59 Å². The van der Waals surface area contributed by atoms with E-state index in [0.717, 1.165) is 0 Å². The van der Waals surface area contributed by atoms with E-state index in [1.807, 2.05) is 13.8 Å². The Morgan fingerprint density at radius 2 is 1.89 bits per heavy atom. The number of rotatable bonds is 3. The maximum atomic E-state index is 12.7. The van der Waals surface area contributed by atoms with Crippen molar-refractivity contribution < 1.29 is 19.1 Å². The predicted octanol–water partition coefficient (Wildman–Crippen LogP) is 2.45. The number of carbonyl (C=O) groups excluding carboxylic acids is 2. The van der Waals surface area contributed by atoms with Gasteiger partial charge in [0.1, 0.15) is 6.54 Å². The van der Waals surface area contributed by atoms with Gasteiger partial charge in [0.15, 0.2) is 17.3 Å². The Labute approximate surface area is 162 Å². The molecule has 0 unspecified atom stereocenters. The third-order valence-corrected chi connectivity index (χ3v) is 4.56. The fourth-order valence-electron chi connectivity index (χ4n) is 3.19. The topological polar surface area (TPSA) is 87.2 Å². The van der Waals surface area contributed by atoms with Crippen LogP contribution in [0.1, 0.15) is 13.8 Å². The van der Waals surface area contributed by atoms with Gasteiger partial charge in [0.25, 0.3) is 0 Å². The lowest BCUT2D eigenvalue weighted by molar-refractivity contribution is -0.114. The number of amides is 3. The minimum Gasteiger partial charge on any atom is -0.449 e. The van der Waals surface area contributed by atoms with Crippen LogP contribution >= 0.6 is 0 Å². The number of hydrazine groups is 1. The van der Waals surface area contributed by atoms with Crippen molar-refractivity contribution in [3.63, 3.8) is 0 Å². The zero-order valence-corrected chi connectivity index (χ0v) is 16.1. The second-order valence-electron chi connectivity index (χ2n) is 7.08. The van der Waals surface area contributed by atoms with E-state index in [4.69, 9.17) is 9.47 Å². The van der Waals surface area contributed by atoms with Crippen LogP contribution in [-0.2, 0) is 4.79 Å². The first-order chi connectivity index (χ1) is 13.2. The summed E-state index contributed by atoms with van der Waals surface area (Å²) in [6.07, 6.45) is 1.64. The molecular weight excluding hydrogens is 362 g/mol. The molecule has 146 valence electrons. The van der Waals surface area contributed by atoms with Gasteiger partial charge in [-0.05, 0) is 24.3 Å². The quantitative estimate of drug-likeness (QED) is 0.876. The number of fused-ring (bicyclic) bond motifs is 2. The van der Waals surface area contributed by atoms with Crippen LogP contribution < -0.4 is 24.7 Å². The molecule has 9 nitrogen and oxygen atoms in total. The maximum Gasteiger partial charge on any atom is 0.343 e. The molecule has 3 amide bonds. The summed E-state index contributed by atoms with van der Waals surface area (Å²) < 4.78 is 11.3. The van der Waals surface area contributed by atoms with Crippen LogP contribution in [0.25, 0.3) is 0 Å². The molecule has 0 atom stereocenters. The van der Waals surface area contributed by atoms with Gasteiger partial charge in [-0.25, -0.2) is 14.8 Å². The Bertz CT molecular complexity index is 961. The fraction of sp³-hybridized carbons (Fsp3) is 0.316. The van der Waals surface area contributed by atoms with Crippen molar-refractivity contribution in [2.45, 2.75) is 19.6 Å². The van der Waals surface area contributed by atoms with Crippen LogP contribution in [0.15, 0.2) is 36.5 Å². The van der Waals surface area contributed by atoms with Crippen molar-refractivity contribution in [3.8, 4) is 11.5 Å². The Hall–Kier alpha value is -3.49. The average molecular weight is 383 g/mol. The van der Waals surface area contributed by atoms with Crippen LogP contribution in [0.4, 0.5) is 22.0 Å². The summed E-state index contributed by atoms with van der Waals surface area (Å²) in [5.41, 5.74) is 1.14. The highest BCUT2D eigenvalue weighted by molar-refractivity contribution is 6.05. The molecule has 0 spiro atoms. The molecule has 0 bridgehead atoms. The molecule has 2 aliphatic heterocycles. The predicted molar refractivity (Wildman–Crippen MR) is 104 cm³/mol. The van der Waals surface area contributed by atoms with E-state index in [-0.39, 0.29) is 18.5 Å². The highest BCUT2D eigenvalue weighted by atomic mass is 16.7. The number of nitrogens with one attached hydrogen (secondary N) is 1. The second kappa shape index (κ2) is 6.29. The summed E-state index contributed by atoms with van der Waals surface area (Å²) in [5, 5.41) is 5.86. The molecule has 9 heteroatoms. The van der Waals surface area contributed by atoms with E-state index in [1.165, 1.54) is 9.91 Å². The van der Waals surface area contributed by atoms with Gasteiger partial charge in [0.05, 0.1) is 5.69 Å². The van der Waals surface area contributed by atoms with Crippen LogP contribution in [-0.4, -0.2) is 48.4 Å². The summed E-state index contributed by atoms with van der Waals surface area (Å²) in [7, 11) is 3.37. The standard InChI is InChI=1S/C19H21N5O4/c1-19(2)27-14-8-7-12(10-15(14)28-19)21-16(25)11-24-13-6-5-9-20-17(13)22(3)23(4)18(24)26/h5-10H,11H2,1-4H3,(H,21,25). The molecule has 0 aliphatic carbocycles. The fourth-order valence-corrected chi connectivity index (χ4v) is 3.19. The number of urea groups is 1. The average Bonchev–Trinajstić information content (AvgIpc) is 2.96. The molecule has 0 saturated heterocycles. The van der Waals surface area contributed by atoms with Crippen molar-refractivity contribution >= 4 is 29.1 Å². The Kier molecular flexibility index (Phi) is 4.02. The Morgan fingerprint density at radius 1 is 1.14 bits per heavy atom. The van der Waals surface area contributed by atoms with Crippen LogP contribution in [0.3, 0.4) is 0 Å². The zero-order valence-electron chi connectivity index (χ0n) is 16.1. The Morgan fingerprint density at radius 3 is 2.68 bits per heavy atom. The highest BCUT2D eigenvalue weighted by Gasteiger charge is 2.34. The molecule has 0 fully saturated rings. The number of ether oxygens (including phenoxy) is 2. The smallest absolute Gasteiger partial charge is 0.343 e. The maximum absolute atomic E-state index is 12.7. The summed E-state index contributed by atoms with van der Waals surface area (Å²) in [5.74, 6) is 0.715. The van der Waals surface area contributed by atoms with E-state index in [0.29, 0.717) is 28.7 Å². The second-order valence-corrected chi connectivity index (χ2v) is 7.08. The van der Waals surface area contributed by atoms with Crippen LogP contribution in [0, 0.1) is 0 Å². The van der Waals surface area contributed by atoms with Crippen LogP contribution in [0.2, 0.25) is 0 Å². The van der Waals surface area contributed by atoms with Gasteiger partial charge < -0.3 is 14.8 Å². The molecular formula is C19H21N5O4. The van der Waals surface area contributed by atoms with Crippen molar-refractivity contribution in [3.05, 3.63) is 36.5 Å². The van der Waals surface area contributed by atoms with Gasteiger partial charge in [-0.2, -0.15) is 0 Å². The minimum atomic E-state index is -0.738. The first-order valence-electron chi connectivity index (χ1n) is 8.81. The van der Waals surface area contributed by atoms with Gasteiger partial charge in [0, 0.05) is 45.9 Å². The number of nitrogens with zero attached hydrogens (tertiary/aromatic N) is 4. The van der Waals surface area contributed by atoms with Crippen molar-refractivity contribution in [1.29, 1.82) is 0 Å². The summed E-state index contributed by atoms with van der Waals surface area (Å²) >= 11 is 0. The molecule has 0 radical (unpaired) electrons. The van der Waals surface area contributed by atoms with Crippen LogP contribution in [0.5, 0.6) is 11.5 Å². The lowest BCUT2D eigenvalue weighted by atomic mass is 10.2. The molecule has 1 N–H and O–H groups in total. The van der Waals surface area contributed by atoms with E-state index in [1.54, 1.807) is 55.6 Å². The van der Waals surface area contributed by atoms with Gasteiger partial charge in [0.2, 0.25) is 11.7 Å². The van der Waals surface area contributed by atoms with Gasteiger partial charge in [-0.15, -0.1) is 0 Å². The molecule has 2 aromatic rings. The number of anilines is 3. The highest BCUT2D eigenvalue weighted by Crippen LogP contribution is 2.40. The third kappa shape index (κ3) is 3.04. The SMILES string of the molecule is CN1C(=O)N(CC(=O)Nc2ccc3c(c2)OC(C)(C)O3)c2cccnc2N1C. The summed E-state index contributed by atoms with van der Waals surface area (Å²) in [4.78, 5) is 31.0. The van der Waals surface area contributed by atoms with E-state index < -0.39 is 5.79 Å². The molecule has 0 saturated carbocycles. The van der Waals surface area contributed by atoms with Gasteiger partial charge >= 0.3 is 6.03 Å². The van der Waals surface area contributed by atoms with Crippen molar-refractivity contribution in [2.75, 3.05) is 35.9 Å². The first-order valence-corrected chi connectivity index (χ1v) is 8.81. The largest absolute Gasteiger partial charge is 0.449 e. The summed E-state index contributed by atoms with van der Waals surface area (Å²) in [6, 6.07) is 8.36. The molecule has 4 rings (SSSR count). The minimum absolute atomic E-state index is 0.143. The normalized spacial score (nSPS) is 16.9. The number of pyridine rings is 1. The zero-order chi connectivity index (χ0) is 20.1. The van der Waals surface area contributed by atoms with Crippen molar-refractivity contribution in [1.82, 2.24) is 9.99 Å². The lowest BCUT2D eigenvalue weighted by Crippen LogP contribution is -2.55. The molecule has 1 aromatic carbocycles. The molecule has 28 heavy (non-hydrogen) atoms. The third-order valence-electron chi connectivity index (χ3n) is 4.56. The molecule has 3 heterocycles. The number of aromatic nitrogens is 1. The van der Waals surface area contributed by atoms with Gasteiger partial charge in [-0.1, -0.05) is 0 Å². The first kappa shape index (κ1) is 17.9.